The fourth-order valence-electron chi connectivity index (χ4n) is 4.26. The maximum Gasteiger partial charge on any atom is 0.281 e. The van der Waals surface area contributed by atoms with Crippen molar-refractivity contribution >= 4 is 11.7 Å². The van der Waals surface area contributed by atoms with E-state index >= 15 is 0 Å². The van der Waals surface area contributed by atoms with Gasteiger partial charge in [-0.15, -0.1) is 0 Å². The van der Waals surface area contributed by atoms with E-state index in [1.165, 1.54) is 0 Å². The van der Waals surface area contributed by atoms with Crippen LogP contribution in [0, 0.1) is 0 Å². The summed E-state index contributed by atoms with van der Waals surface area (Å²) in [7, 11) is 1.64. The number of furan rings is 1. The second-order valence-corrected chi connectivity index (χ2v) is 8.85. The minimum absolute atomic E-state index is 0.189. The second kappa shape index (κ2) is 7.37. The van der Waals surface area contributed by atoms with Crippen LogP contribution >= 0.6 is 0 Å². The van der Waals surface area contributed by atoms with Crippen LogP contribution in [0.15, 0.2) is 65.6 Å². The van der Waals surface area contributed by atoms with Crippen molar-refractivity contribution in [1.82, 2.24) is 15.2 Å². The lowest BCUT2D eigenvalue weighted by molar-refractivity contribution is 0.0988. The second-order valence-electron chi connectivity index (χ2n) is 8.85. The zero-order chi connectivity index (χ0) is 22.5. The minimum atomic E-state index is -0.408. The number of ether oxygens (including phenoxy) is 1. The lowest BCUT2D eigenvalue weighted by atomic mass is 9.85. The predicted molar refractivity (Wildman–Crippen MR) is 121 cm³/mol. The molecule has 0 saturated heterocycles. The normalized spacial score (nSPS) is 15.8. The topological polar surface area (TPSA) is 84.2 Å². The first-order valence-electron chi connectivity index (χ1n) is 10.4. The number of benzene rings is 1. The summed E-state index contributed by atoms with van der Waals surface area (Å²) >= 11 is 0. The average Bonchev–Trinajstić information content (AvgIpc) is 3.51. The van der Waals surface area contributed by atoms with Crippen molar-refractivity contribution < 1.29 is 13.9 Å². The SMILES string of the molecule is COc1ccccc1C1c2c(n[nH]c2C(C)(C)C)C(=O)N1c1ccc(-c2ccoc2)cn1. The van der Waals surface area contributed by atoms with Crippen LogP contribution in [0.1, 0.15) is 54.1 Å². The summed E-state index contributed by atoms with van der Waals surface area (Å²) in [5.74, 6) is 1.07. The molecule has 3 aromatic heterocycles. The molecule has 4 aromatic rings. The van der Waals surface area contributed by atoms with E-state index in [2.05, 4.69) is 36.0 Å². The van der Waals surface area contributed by atoms with Crippen molar-refractivity contribution in [3.05, 3.63) is 83.7 Å². The Labute approximate surface area is 186 Å². The van der Waals surface area contributed by atoms with Crippen LogP contribution in [0.25, 0.3) is 11.1 Å². The molecule has 1 aliphatic heterocycles. The molecular weight excluding hydrogens is 404 g/mol. The van der Waals surface area contributed by atoms with Crippen molar-refractivity contribution in [2.45, 2.75) is 32.2 Å². The Bertz CT molecular complexity index is 1270. The van der Waals surface area contributed by atoms with Gasteiger partial charge in [-0.05, 0) is 24.3 Å². The Morgan fingerprint density at radius 1 is 1.09 bits per heavy atom. The van der Waals surface area contributed by atoms with Gasteiger partial charge in [-0.3, -0.25) is 14.8 Å². The van der Waals surface area contributed by atoms with E-state index in [-0.39, 0.29) is 11.3 Å². The first-order valence-corrected chi connectivity index (χ1v) is 10.4. The number of H-pyrrole nitrogens is 1. The molecule has 0 fully saturated rings. The number of fused-ring (bicyclic) bond motifs is 1. The lowest BCUT2D eigenvalue weighted by Gasteiger charge is -2.28. The van der Waals surface area contributed by atoms with Gasteiger partial charge in [0, 0.05) is 39.6 Å². The van der Waals surface area contributed by atoms with Crippen LogP contribution in [0.5, 0.6) is 5.75 Å². The maximum absolute atomic E-state index is 13.6. The molecule has 5 rings (SSSR count). The highest BCUT2D eigenvalue weighted by molar-refractivity contribution is 6.10. The molecule has 0 radical (unpaired) electrons. The number of nitrogens with zero attached hydrogens (tertiary/aromatic N) is 3. The van der Waals surface area contributed by atoms with Gasteiger partial charge in [-0.2, -0.15) is 5.10 Å². The number of hydrogen-bond donors (Lipinski definition) is 1. The molecule has 32 heavy (non-hydrogen) atoms. The van der Waals surface area contributed by atoms with Gasteiger partial charge in [-0.25, -0.2) is 4.98 Å². The number of hydrogen-bond acceptors (Lipinski definition) is 5. The van der Waals surface area contributed by atoms with Crippen LogP contribution in [0.4, 0.5) is 5.82 Å². The quantitative estimate of drug-likeness (QED) is 0.488. The van der Waals surface area contributed by atoms with Crippen molar-refractivity contribution in [3.63, 3.8) is 0 Å². The number of rotatable bonds is 4. The summed E-state index contributed by atoms with van der Waals surface area (Å²) in [5.41, 5.74) is 4.72. The van der Waals surface area contributed by atoms with E-state index < -0.39 is 6.04 Å². The van der Waals surface area contributed by atoms with Crippen LogP contribution in [-0.4, -0.2) is 28.2 Å². The van der Waals surface area contributed by atoms with Crippen molar-refractivity contribution in [3.8, 4) is 16.9 Å². The summed E-state index contributed by atoms with van der Waals surface area (Å²) < 4.78 is 10.8. The van der Waals surface area contributed by atoms with E-state index in [0.717, 1.165) is 27.9 Å². The number of methoxy groups -OCH3 is 1. The van der Waals surface area contributed by atoms with Gasteiger partial charge in [0.15, 0.2) is 5.69 Å². The van der Waals surface area contributed by atoms with Crippen molar-refractivity contribution in [2.24, 2.45) is 0 Å². The molecule has 7 heteroatoms. The van der Waals surface area contributed by atoms with Gasteiger partial charge < -0.3 is 9.15 Å². The molecule has 4 heterocycles. The number of anilines is 1. The molecule has 1 N–H and O–H groups in total. The van der Waals surface area contributed by atoms with Crippen LogP contribution in [0.2, 0.25) is 0 Å². The molecule has 0 saturated carbocycles. The predicted octanol–water partition coefficient (Wildman–Crippen LogP) is 5.12. The minimum Gasteiger partial charge on any atom is -0.496 e. The first kappa shape index (κ1) is 20.1. The summed E-state index contributed by atoms with van der Waals surface area (Å²) in [6.07, 6.45) is 5.04. The highest BCUT2D eigenvalue weighted by atomic mass is 16.5. The first-order chi connectivity index (χ1) is 15.4. The number of amides is 1. The van der Waals surface area contributed by atoms with Crippen molar-refractivity contribution in [1.29, 1.82) is 0 Å². The van der Waals surface area contributed by atoms with Gasteiger partial charge in [0.1, 0.15) is 11.6 Å². The molecule has 0 bridgehead atoms. The summed E-state index contributed by atoms with van der Waals surface area (Å²) in [5, 5.41) is 7.53. The van der Waals surface area contributed by atoms with Gasteiger partial charge in [-0.1, -0.05) is 39.0 Å². The van der Waals surface area contributed by atoms with Gasteiger partial charge in [0.2, 0.25) is 0 Å². The standard InChI is InChI=1S/C25H24N4O3/c1-25(2,3)23-20-21(27-28-23)24(30)29(22(20)17-7-5-6-8-18(17)31-4)19-10-9-15(13-26-19)16-11-12-32-14-16/h5-14,22H,1-4H3,(H,27,28). The smallest absolute Gasteiger partial charge is 0.281 e. The highest BCUT2D eigenvalue weighted by Crippen LogP contribution is 2.46. The molecule has 1 aliphatic rings. The van der Waals surface area contributed by atoms with E-state index in [0.29, 0.717) is 17.3 Å². The number of aromatic nitrogens is 3. The van der Waals surface area contributed by atoms with Crippen molar-refractivity contribution in [2.75, 3.05) is 12.0 Å². The average molecular weight is 428 g/mol. The highest BCUT2D eigenvalue weighted by Gasteiger charge is 2.46. The van der Waals surface area contributed by atoms with Crippen LogP contribution in [0.3, 0.4) is 0 Å². The number of para-hydroxylation sites is 1. The third-order valence-electron chi connectivity index (χ3n) is 5.79. The number of carbonyl (C=O) groups excluding carboxylic acids is 1. The number of aromatic amines is 1. The van der Waals surface area contributed by atoms with E-state index in [1.54, 1.807) is 30.7 Å². The fraction of sp³-hybridized carbons (Fsp3) is 0.240. The third kappa shape index (κ3) is 3.09. The molecule has 0 aliphatic carbocycles. The van der Waals surface area contributed by atoms with Crippen LogP contribution < -0.4 is 9.64 Å². The largest absolute Gasteiger partial charge is 0.496 e. The summed E-state index contributed by atoms with van der Waals surface area (Å²) in [6.45, 7) is 6.31. The Morgan fingerprint density at radius 3 is 2.56 bits per heavy atom. The fourth-order valence-corrected chi connectivity index (χ4v) is 4.26. The summed E-state index contributed by atoms with van der Waals surface area (Å²) in [6, 6.07) is 13.0. The molecule has 0 spiro atoms. The third-order valence-corrected chi connectivity index (χ3v) is 5.79. The van der Waals surface area contributed by atoms with Gasteiger partial charge in [0.25, 0.3) is 5.91 Å². The molecule has 1 unspecified atom stereocenters. The number of carbonyl (C=O) groups is 1. The Hall–Kier alpha value is -3.87. The number of nitrogens with one attached hydrogen (secondary N) is 1. The maximum atomic E-state index is 13.6. The Morgan fingerprint density at radius 2 is 1.91 bits per heavy atom. The monoisotopic (exact) mass is 428 g/mol. The molecule has 1 amide bonds. The number of pyridine rings is 1. The van der Waals surface area contributed by atoms with Gasteiger partial charge >= 0.3 is 0 Å². The summed E-state index contributed by atoms with van der Waals surface area (Å²) in [4.78, 5) is 19.9. The molecular formula is C25H24N4O3. The Balaban J connectivity index is 1.68. The zero-order valence-electron chi connectivity index (χ0n) is 18.4. The Kier molecular flexibility index (Phi) is 4.62. The zero-order valence-corrected chi connectivity index (χ0v) is 18.4. The molecule has 1 atom stereocenters. The van der Waals surface area contributed by atoms with Crippen LogP contribution in [-0.2, 0) is 5.41 Å². The molecule has 1 aromatic carbocycles. The van der Waals surface area contributed by atoms with E-state index in [1.807, 2.05) is 42.5 Å². The van der Waals surface area contributed by atoms with E-state index in [9.17, 15) is 4.79 Å². The van der Waals surface area contributed by atoms with E-state index in [4.69, 9.17) is 9.15 Å². The lowest BCUT2D eigenvalue weighted by Crippen LogP contribution is -2.31. The molecule has 162 valence electrons. The van der Waals surface area contributed by atoms with Gasteiger partial charge in [0.05, 0.1) is 25.7 Å². The molecule has 7 nitrogen and oxygen atoms in total.